The van der Waals surface area contributed by atoms with Gasteiger partial charge in [0, 0.05) is 5.69 Å². The normalized spacial score (nSPS) is 16.1. The highest BCUT2D eigenvalue weighted by atomic mass is 19.2. The number of rotatable bonds is 2. The number of nitrogens with one attached hydrogen (secondary N) is 1. The molecule has 0 bridgehead atoms. The molecule has 1 aromatic carbocycles. The third-order valence-corrected chi connectivity index (χ3v) is 2.67. The molecule has 1 saturated carbocycles. The van der Waals surface area contributed by atoms with Crippen molar-refractivity contribution < 1.29 is 13.6 Å². The first kappa shape index (κ1) is 11.4. The fourth-order valence-corrected chi connectivity index (χ4v) is 1.49. The number of carbonyl (C=O) groups excluding carboxylic acids is 1. The Balaban J connectivity index is 2.29. The Morgan fingerprint density at radius 3 is 2.65 bits per heavy atom. The SMILES string of the molecule is C#CC1(NC(=O)c2cc(N)cc(F)c2F)CC1. The zero-order valence-electron chi connectivity index (χ0n) is 8.89. The molecular formula is C12H10F2N2O. The van der Waals surface area contributed by atoms with Crippen LogP contribution in [0.4, 0.5) is 14.5 Å². The van der Waals surface area contributed by atoms with Crippen LogP contribution in [0.2, 0.25) is 0 Å². The highest BCUT2D eigenvalue weighted by molar-refractivity contribution is 5.96. The number of hydrogen-bond donors (Lipinski definition) is 2. The largest absolute Gasteiger partial charge is 0.399 e. The van der Waals surface area contributed by atoms with Crippen molar-refractivity contribution in [1.29, 1.82) is 0 Å². The Morgan fingerprint density at radius 2 is 2.12 bits per heavy atom. The van der Waals surface area contributed by atoms with Crippen molar-refractivity contribution in [2.75, 3.05) is 5.73 Å². The number of hydrogen-bond acceptors (Lipinski definition) is 2. The van der Waals surface area contributed by atoms with E-state index in [2.05, 4.69) is 11.2 Å². The third-order valence-electron chi connectivity index (χ3n) is 2.67. The van der Waals surface area contributed by atoms with Gasteiger partial charge in [-0.15, -0.1) is 6.42 Å². The smallest absolute Gasteiger partial charge is 0.255 e. The monoisotopic (exact) mass is 236 g/mol. The predicted molar refractivity (Wildman–Crippen MR) is 59.0 cm³/mol. The summed E-state index contributed by atoms with van der Waals surface area (Å²) >= 11 is 0. The van der Waals surface area contributed by atoms with Crippen molar-refractivity contribution in [1.82, 2.24) is 5.32 Å². The summed E-state index contributed by atoms with van der Waals surface area (Å²) in [7, 11) is 0. The molecule has 0 atom stereocenters. The second kappa shape index (κ2) is 3.74. The summed E-state index contributed by atoms with van der Waals surface area (Å²) in [4.78, 5) is 11.7. The number of nitrogen functional groups attached to an aromatic ring is 1. The second-order valence-electron chi connectivity index (χ2n) is 4.04. The molecule has 0 heterocycles. The van der Waals surface area contributed by atoms with E-state index in [4.69, 9.17) is 12.2 Å². The molecule has 1 aliphatic rings. The van der Waals surface area contributed by atoms with Crippen molar-refractivity contribution >= 4 is 11.6 Å². The zero-order valence-corrected chi connectivity index (χ0v) is 8.89. The molecule has 1 amide bonds. The standard InChI is InChI=1S/C12H10F2N2O/c1-2-12(3-4-12)16-11(17)8-5-7(15)6-9(13)10(8)14/h1,5-6H,3-4,15H2,(H,16,17). The van der Waals surface area contributed by atoms with E-state index in [0.29, 0.717) is 12.8 Å². The van der Waals surface area contributed by atoms with Gasteiger partial charge in [-0.05, 0) is 25.0 Å². The van der Waals surface area contributed by atoms with Crippen LogP contribution in [-0.4, -0.2) is 11.4 Å². The number of halogens is 2. The van der Waals surface area contributed by atoms with Crippen LogP contribution in [0.1, 0.15) is 23.2 Å². The Kier molecular flexibility index (Phi) is 2.50. The van der Waals surface area contributed by atoms with Crippen molar-refractivity contribution in [2.24, 2.45) is 0 Å². The first-order chi connectivity index (χ1) is 7.97. The van der Waals surface area contributed by atoms with Gasteiger partial charge in [0.05, 0.1) is 5.56 Å². The van der Waals surface area contributed by atoms with Crippen LogP contribution < -0.4 is 11.1 Å². The maximum Gasteiger partial charge on any atom is 0.255 e. The maximum atomic E-state index is 13.4. The van der Waals surface area contributed by atoms with Gasteiger partial charge in [0.1, 0.15) is 5.54 Å². The summed E-state index contributed by atoms with van der Waals surface area (Å²) in [5.41, 5.74) is 4.21. The van der Waals surface area contributed by atoms with Gasteiger partial charge in [-0.1, -0.05) is 5.92 Å². The molecule has 3 nitrogen and oxygen atoms in total. The summed E-state index contributed by atoms with van der Waals surface area (Å²) in [6, 6.07) is 1.90. The molecule has 1 fully saturated rings. The summed E-state index contributed by atoms with van der Waals surface area (Å²) in [6.45, 7) is 0. The minimum atomic E-state index is -1.22. The molecule has 88 valence electrons. The van der Waals surface area contributed by atoms with E-state index < -0.39 is 28.6 Å². The van der Waals surface area contributed by atoms with E-state index in [9.17, 15) is 13.6 Å². The maximum absolute atomic E-state index is 13.4. The van der Waals surface area contributed by atoms with Gasteiger partial charge in [-0.2, -0.15) is 0 Å². The molecule has 17 heavy (non-hydrogen) atoms. The van der Waals surface area contributed by atoms with Gasteiger partial charge in [0.15, 0.2) is 11.6 Å². The second-order valence-corrected chi connectivity index (χ2v) is 4.04. The Hall–Kier alpha value is -2.09. The lowest BCUT2D eigenvalue weighted by molar-refractivity contribution is 0.0937. The minimum absolute atomic E-state index is 0.0143. The van der Waals surface area contributed by atoms with Crippen LogP contribution in [0.5, 0.6) is 0 Å². The lowest BCUT2D eigenvalue weighted by atomic mass is 10.1. The Bertz CT molecular complexity index is 530. The minimum Gasteiger partial charge on any atom is -0.399 e. The molecule has 0 radical (unpaired) electrons. The number of terminal acetylenes is 1. The van der Waals surface area contributed by atoms with E-state index in [1.807, 2.05) is 0 Å². The average molecular weight is 236 g/mol. The number of amides is 1. The van der Waals surface area contributed by atoms with E-state index in [1.54, 1.807) is 0 Å². The summed E-state index contributed by atoms with van der Waals surface area (Å²) in [5.74, 6) is -0.694. The van der Waals surface area contributed by atoms with Crippen LogP contribution in [0.15, 0.2) is 12.1 Å². The fraction of sp³-hybridized carbons (Fsp3) is 0.250. The molecule has 0 aromatic heterocycles. The van der Waals surface area contributed by atoms with E-state index in [0.717, 1.165) is 12.1 Å². The Labute approximate surface area is 97.0 Å². The highest BCUT2D eigenvalue weighted by Gasteiger charge is 2.42. The molecule has 0 spiro atoms. The van der Waals surface area contributed by atoms with Crippen molar-refractivity contribution in [2.45, 2.75) is 18.4 Å². The van der Waals surface area contributed by atoms with E-state index in [1.165, 1.54) is 0 Å². The van der Waals surface area contributed by atoms with Gasteiger partial charge >= 0.3 is 0 Å². The molecule has 0 aliphatic heterocycles. The predicted octanol–water partition coefficient (Wildman–Crippen LogP) is 1.44. The highest BCUT2D eigenvalue weighted by Crippen LogP contribution is 2.34. The summed E-state index contributed by atoms with van der Waals surface area (Å²) < 4.78 is 26.4. The molecule has 5 heteroatoms. The first-order valence-corrected chi connectivity index (χ1v) is 5.02. The number of benzene rings is 1. The summed E-state index contributed by atoms with van der Waals surface area (Å²) in [5, 5.41) is 2.49. The van der Waals surface area contributed by atoms with Gasteiger partial charge < -0.3 is 11.1 Å². The lowest BCUT2D eigenvalue weighted by Crippen LogP contribution is -2.36. The van der Waals surface area contributed by atoms with Gasteiger partial charge in [-0.25, -0.2) is 8.78 Å². The zero-order chi connectivity index (χ0) is 12.6. The van der Waals surface area contributed by atoms with E-state index in [-0.39, 0.29) is 5.69 Å². The molecule has 2 rings (SSSR count). The van der Waals surface area contributed by atoms with Crippen molar-refractivity contribution in [3.8, 4) is 12.3 Å². The number of nitrogens with two attached hydrogens (primary N) is 1. The summed E-state index contributed by atoms with van der Waals surface area (Å²) in [6.07, 6.45) is 6.52. The van der Waals surface area contributed by atoms with Crippen LogP contribution >= 0.6 is 0 Å². The third kappa shape index (κ3) is 2.07. The quantitative estimate of drug-likeness (QED) is 0.603. The molecule has 0 saturated heterocycles. The van der Waals surface area contributed by atoms with Gasteiger partial charge in [0.25, 0.3) is 5.91 Å². The van der Waals surface area contributed by atoms with E-state index >= 15 is 0 Å². The fourth-order valence-electron chi connectivity index (χ4n) is 1.49. The van der Waals surface area contributed by atoms with Crippen molar-refractivity contribution in [3.05, 3.63) is 29.3 Å². The average Bonchev–Trinajstić information content (AvgIpc) is 3.03. The van der Waals surface area contributed by atoms with Crippen LogP contribution in [-0.2, 0) is 0 Å². The van der Waals surface area contributed by atoms with Gasteiger partial charge in [0.2, 0.25) is 0 Å². The van der Waals surface area contributed by atoms with Gasteiger partial charge in [-0.3, -0.25) is 4.79 Å². The number of anilines is 1. The number of carbonyl (C=O) groups is 1. The molecule has 3 N–H and O–H groups in total. The Morgan fingerprint density at radius 1 is 1.47 bits per heavy atom. The molecule has 1 aliphatic carbocycles. The topological polar surface area (TPSA) is 55.1 Å². The van der Waals surface area contributed by atoms with Crippen LogP contribution in [0.3, 0.4) is 0 Å². The molecule has 0 unspecified atom stereocenters. The lowest BCUT2D eigenvalue weighted by Gasteiger charge is -2.11. The van der Waals surface area contributed by atoms with Crippen LogP contribution in [0.25, 0.3) is 0 Å². The molecular weight excluding hydrogens is 226 g/mol. The van der Waals surface area contributed by atoms with Crippen LogP contribution in [0, 0.1) is 24.0 Å². The van der Waals surface area contributed by atoms with Crippen molar-refractivity contribution in [3.63, 3.8) is 0 Å². The first-order valence-electron chi connectivity index (χ1n) is 5.02. The molecule has 1 aromatic rings.